The Morgan fingerprint density at radius 1 is 1.32 bits per heavy atom. The monoisotopic (exact) mass is 262 g/mol. The van der Waals surface area contributed by atoms with E-state index in [1.54, 1.807) is 0 Å². The van der Waals surface area contributed by atoms with Crippen molar-refractivity contribution in [3.63, 3.8) is 0 Å². The molecule has 1 fully saturated rings. The van der Waals surface area contributed by atoms with Crippen molar-refractivity contribution in [2.45, 2.75) is 39.2 Å². The Kier molecular flexibility index (Phi) is 3.74. The van der Waals surface area contributed by atoms with Gasteiger partial charge in [0.15, 0.2) is 0 Å². The summed E-state index contributed by atoms with van der Waals surface area (Å²) in [5.74, 6) is 0. The molecule has 106 valence electrons. The third kappa shape index (κ3) is 2.55. The number of nitrogens with two attached hydrogens (primary N) is 2. The van der Waals surface area contributed by atoms with Crippen LogP contribution in [0.3, 0.4) is 0 Å². The molecule has 1 aliphatic rings. The molecular formula is C16H26N2O. The second-order valence-corrected chi connectivity index (χ2v) is 6.86. The first kappa shape index (κ1) is 14.5. The molecule has 3 heteroatoms. The lowest BCUT2D eigenvalue weighted by Crippen LogP contribution is -2.55. The second-order valence-electron chi connectivity index (χ2n) is 6.86. The smallest absolute Gasteiger partial charge is 0.0575 e. The van der Waals surface area contributed by atoms with Crippen LogP contribution in [0.25, 0.3) is 0 Å². The normalized spacial score (nSPS) is 19.9. The molecule has 1 aromatic carbocycles. The quantitative estimate of drug-likeness (QED) is 0.878. The maximum Gasteiger partial charge on any atom is 0.0575 e. The van der Waals surface area contributed by atoms with Gasteiger partial charge in [-0.15, -0.1) is 0 Å². The van der Waals surface area contributed by atoms with Gasteiger partial charge in [0.05, 0.1) is 13.2 Å². The van der Waals surface area contributed by atoms with Crippen LogP contribution in [0.15, 0.2) is 18.2 Å². The Labute approximate surface area is 116 Å². The predicted molar refractivity (Wildman–Crippen MR) is 79.1 cm³/mol. The SMILES string of the molecule is Cc1ccc(C(C)(C)C)cc1C(N)C1(CN)COC1. The summed E-state index contributed by atoms with van der Waals surface area (Å²) in [6.07, 6.45) is 0. The average Bonchev–Trinajstić information content (AvgIpc) is 2.27. The Bertz CT molecular complexity index is 453. The van der Waals surface area contributed by atoms with Crippen LogP contribution in [0, 0.1) is 12.3 Å². The largest absolute Gasteiger partial charge is 0.380 e. The maximum absolute atomic E-state index is 6.50. The van der Waals surface area contributed by atoms with Crippen LogP contribution in [0.5, 0.6) is 0 Å². The minimum absolute atomic E-state index is 0.0476. The zero-order chi connectivity index (χ0) is 14.3. The number of ether oxygens (including phenoxy) is 1. The van der Waals surface area contributed by atoms with Crippen molar-refractivity contribution < 1.29 is 4.74 Å². The lowest BCUT2D eigenvalue weighted by Gasteiger charge is -2.45. The van der Waals surface area contributed by atoms with Gasteiger partial charge in [0.25, 0.3) is 0 Å². The van der Waals surface area contributed by atoms with Gasteiger partial charge in [-0.05, 0) is 29.0 Å². The molecule has 19 heavy (non-hydrogen) atoms. The van der Waals surface area contributed by atoms with Crippen molar-refractivity contribution in [1.29, 1.82) is 0 Å². The molecule has 1 atom stereocenters. The summed E-state index contributed by atoms with van der Waals surface area (Å²) < 4.78 is 5.35. The van der Waals surface area contributed by atoms with Gasteiger partial charge in [-0.25, -0.2) is 0 Å². The topological polar surface area (TPSA) is 61.3 Å². The second kappa shape index (κ2) is 4.89. The van der Waals surface area contributed by atoms with Crippen molar-refractivity contribution in [1.82, 2.24) is 0 Å². The minimum Gasteiger partial charge on any atom is -0.380 e. The molecule has 1 heterocycles. The Morgan fingerprint density at radius 3 is 2.37 bits per heavy atom. The molecule has 0 saturated carbocycles. The number of aryl methyl sites for hydroxylation is 1. The summed E-state index contributed by atoms with van der Waals surface area (Å²) in [6.45, 7) is 10.7. The molecule has 1 unspecified atom stereocenters. The van der Waals surface area contributed by atoms with Crippen molar-refractivity contribution in [2.24, 2.45) is 16.9 Å². The average molecular weight is 262 g/mol. The summed E-state index contributed by atoms with van der Waals surface area (Å²) in [6, 6.07) is 6.56. The molecule has 2 rings (SSSR count). The van der Waals surface area contributed by atoms with Gasteiger partial charge in [0.1, 0.15) is 0 Å². The zero-order valence-corrected chi connectivity index (χ0v) is 12.5. The van der Waals surface area contributed by atoms with Gasteiger partial charge in [-0.3, -0.25) is 0 Å². The van der Waals surface area contributed by atoms with Crippen LogP contribution >= 0.6 is 0 Å². The van der Waals surface area contributed by atoms with E-state index >= 15 is 0 Å². The van der Waals surface area contributed by atoms with Gasteiger partial charge in [0.2, 0.25) is 0 Å². The first-order chi connectivity index (χ1) is 8.80. The van der Waals surface area contributed by atoms with Gasteiger partial charge in [-0.2, -0.15) is 0 Å². The van der Waals surface area contributed by atoms with Crippen LogP contribution in [0.1, 0.15) is 43.5 Å². The fourth-order valence-corrected chi connectivity index (χ4v) is 2.56. The highest BCUT2D eigenvalue weighted by Crippen LogP contribution is 2.40. The molecular weight excluding hydrogens is 236 g/mol. The van der Waals surface area contributed by atoms with E-state index in [9.17, 15) is 0 Å². The van der Waals surface area contributed by atoms with E-state index in [0.29, 0.717) is 19.8 Å². The van der Waals surface area contributed by atoms with Crippen molar-refractivity contribution in [3.8, 4) is 0 Å². The number of rotatable bonds is 3. The fourth-order valence-electron chi connectivity index (χ4n) is 2.56. The molecule has 4 N–H and O–H groups in total. The van der Waals surface area contributed by atoms with Crippen LogP contribution in [-0.4, -0.2) is 19.8 Å². The van der Waals surface area contributed by atoms with E-state index < -0.39 is 0 Å². The highest BCUT2D eigenvalue weighted by Gasteiger charge is 2.44. The van der Waals surface area contributed by atoms with Gasteiger partial charge in [0, 0.05) is 18.0 Å². The number of benzene rings is 1. The highest BCUT2D eigenvalue weighted by atomic mass is 16.5. The predicted octanol–water partition coefficient (Wildman–Crippen LogP) is 2.27. The van der Waals surface area contributed by atoms with Crippen molar-refractivity contribution in [3.05, 3.63) is 34.9 Å². The molecule has 0 aromatic heterocycles. The highest BCUT2D eigenvalue weighted by molar-refractivity contribution is 5.37. The lowest BCUT2D eigenvalue weighted by molar-refractivity contribution is -0.121. The Balaban J connectivity index is 2.38. The van der Waals surface area contributed by atoms with E-state index in [1.165, 1.54) is 16.7 Å². The molecule has 3 nitrogen and oxygen atoms in total. The van der Waals surface area contributed by atoms with Crippen LogP contribution < -0.4 is 11.5 Å². The van der Waals surface area contributed by atoms with Crippen LogP contribution in [0.4, 0.5) is 0 Å². The van der Waals surface area contributed by atoms with E-state index in [4.69, 9.17) is 16.2 Å². The summed E-state index contributed by atoms with van der Waals surface area (Å²) in [7, 11) is 0. The van der Waals surface area contributed by atoms with E-state index in [1.807, 2.05) is 0 Å². The summed E-state index contributed by atoms with van der Waals surface area (Å²) >= 11 is 0. The van der Waals surface area contributed by atoms with E-state index in [2.05, 4.69) is 45.9 Å². The third-order valence-electron chi connectivity index (χ3n) is 4.33. The number of hydrogen-bond donors (Lipinski definition) is 2. The Hall–Kier alpha value is -0.900. The molecule has 1 saturated heterocycles. The first-order valence-electron chi connectivity index (χ1n) is 6.94. The van der Waals surface area contributed by atoms with Gasteiger partial charge in [-0.1, -0.05) is 39.0 Å². The van der Waals surface area contributed by atoms with Crippen molar-refractivity contribution >= 4 is 0 Å². The van der Waals surface area contributed by atoms with E-state index in [0.717, 1.165) is 0 Å². The summed E-state index contributed by atoms with van der Waals surface area (Å²) in [4.78, 5) is 0. The number of hydrogen-bond acceptors (Lipinski definition) is 3. The summed E-state index contributed by atoms with van der Waals surface area (Å²) in [5.41, 5.74) is 16.2. The maximum atomic E-state index is 6.50. The first-order valence-corrected chi connectivity index (χ1v) is 6.94. The van der Waals surface area contributed by atoms with Crippen LogP contribution in [0.2, 0.25) is 0 Å². The van der Waals surface area contributed by atoms with Crippen molar-refractivity contribution in [2.75, 3.05) is 19.8 Å². The fraction of sp³-hybridized carbons (Fsp3) is 0.625. The van der Waals surface area contributed by atoms with E-state index in [-0.39, 0.29) is 16.9 Å². The van der Waals surface area contributed by atoms with Crippen LogP contribution in [-0.2, 0) is 10.2 Å². The molecule has 0 bridgehead atoms. The molecule has 0 spiro atoms. The Morgan fingerprint density at radius 2 is 1.95 bits per heavy atom. The molecule has 0 radical (unpaired) electrons. The molecule has 0 amide bonds. The molecule has 0 aliphatic carbocycles. The van der Waals surface area contributed by atoms with Gasteiger partial charge >= 0.3 is 0 Å². The molecule has 1 aromatic rings. The lowest BCUT2D eigenvalue weighted by atomic mass is 9.73. The van der Waals surface area contributed by atoms with Gasteiger partial charge < -0.3 is 16.2 Å². The molecule has 1 aliphatic heterocycles. The standard InChI is InChI=1S/C16H26N2O/c1-11-5-6-12(15(2,3)4)7-13(11)14(18)16(8-17)9-19-10-16/h5-7,14H,8-10,17-18H2,1-4H3. The summed E-state index contributed by atoms with van der Waals surface area (Å²) in [5, 5.41) is 0. The minimum atomic E-state index is -0.0821. The third-order valence-corrected chi connectivity index (χ3v) is 4.33. The zero-order valence-electron chi connectivity index (χ0n) is 12.5.